The molecule has 0 aliphatic heterocycles. The largest absolute Gasteiger partial charge is 0.478 e. The van der Waals surface area contributed by atoms with Crippen LogP contribution in [-0.4, -0.2) is 15.5 Å². The van der Waals surface area contributed by atoms with E-state index in [1.54, 1.807) is 12.1 Å². The third kappa shape index (κ3) is 2.37. The highest BCUT2D eigenvalue weighted by atomic mass is 127. The molecule has 1 aromatic rings. The molecule has 0 saturated heterocycles. The zero-order valence-electron chi connectivity index (χ0n) is 6.16. The molecule has 1 N–H and O–H groups in total. The molecule has 1 rings (SSSR count). The summed E-state index contributed by atoms with van der Waals surface area (Å²) in [6.45, 7) is 0. The quantitative estimate of drug-likeness (QED) is 0.523. The Hall–Kier alpha value is -0.780. The average molecular weight is 278 g/mol. The normalized spacial score (nSPS) is 11.6. The van der Waals surface area contributed by atoms with Gasteiger partial charge in [-0.1, -0.05) is 22.6 Å². The third-order valence-corrected chi connectivity index (χ3v) is 2.10. The van der Waals surface area contributed by atoms with Gasteiger partial charge in [0.15, 0.2) is 0 Å². The summed E-state index contributed by atoms with van der Waals surface area (Å²) in [5.41, 5.74) is 0.338. The highest BCUT2D eigenvalue weighted by molar-refractivity contribution is 14.1. The third-order valence-electron chi connectivity index (χ3n) is 1.28. The van der Waals surface area contributed by atoms with Crippen LogP contribution in [0.1, 0.15) is 5.76 Å². The summed E-state index contributed by atoms with van der Waals surface area (Å²) >= 11 is 2.00. The molecule has 0 aliphatic carbocycles. The standard InChI is InChI=1S/C8H7IO3/c9-5-6(8(10)11)4-7-2-1-3-12-7/h1-4H,5H2,(H,10,11)/b6-4+. The highest BCUT2D eigenvalue weighted by Gasteiger charge is 2.05. The number of hydrogen-bond donors (Lipinski definition) is 1. The van der Waals surface area contributed by atoms with Gasteiger partial charge in [-0.15, -0.1) is 0 Å². The van der Waals surface area contributed by atoms with Crippen molar-refractivity contribution in [1.82, 2.24) is 0 Å². The van der Waals surface area contributed by atoms with Crippen molar-refractivity contribution in [2.24, 2.45) is 0 Å². The summed E-state index contributed by atoms with van der Waals surface area (Å²) in [5.74, 6) is -0.329. The Morgan fingerprint density at radius 2 is 2.50 bits per heavy atom. The summed E-state index contributed by atoms with van der Waals surface area (Å²) in [4.78, 5) is 10.5. The number of carboxylic acid groups (broad SMARTS) is 1. The van der Waals surface area contributed by atoms with Crippen molar-refractivity contribution in [3.8, 4) is 0 Å². The Kier molecular flexibility index (Phi) is 3.33. The van der Waals surface area contributed by atoms with Crippen molar-refractivity contribution >= 4 is 34.6 Å². The van der Waals surface area contributed by atoms with Crippen molar-refractivity contribution in [3.63, 3.8) is 0 Å². The Morgan fingerprint density at radius 3 is 2.92 bits per heavy atom. The molecule has 0 radical (unpaired) electrons. The molecule has 0 unspecified atom stereocenters. The molecule has 0 atom stereocenters. The van der Waals surface area contributed by atoms with Gasteiger partial charge in [0.05, 0.1) is 11.8 Å². The molecule has 1 heterocycles. The fraction of sp³-hybridized carbons (Fsp3) is 0.125. The van der Waals surface area contributed by atoms with Gasteiger partial charge in [-0.2, -0.15) is 0 Å². The van der Waals surface area contributed by atoms with Crippen molar-refractivity contribution < 1.29 is 14.3 Å². The van der Waals surface area contributed by atoms with E-state index in [-0.39, 0.29) is 0 Å². The molecule has 64 valence electrons. The molecule has 0 saturated carbocycles. The first-order valence-corrected chi connectivity index (χ1v) is 4.80. The fourth-order valence-electron chi connectivity index (χ4n) is 0.703. The van der Waals surface area contributed by atoms with Crippen LogP contribution < -0.4 is 0 Å². The van der Waals surface area contributed by atoms with Crippen LogP contribution in [0.4, 0.5) is 0 Å². The maximum Gasteiger partial charge on any atom is 0.332 e. The van der Waals surface area contributed by atoms with Crippen molar-refractivity contribution in [2.45, 2.75) is 0 Å². The second-order valence-electron chi connectivity index (χ2n) is 2.12. The average Bonchev–Trinajstić information content (AvgIpc) is 2.51. The molecule has 12 heavy (non-hydrogen) atoms. The molecule has 0 amide bonds. The van der Waals surface area contributed by atoms with Gasteiger partial charge >= 0.3 is 5.97 Å². The van der Waals surface area contributed by atoms with Crippen LogP contribution in [0.3, 0.4) is 0 Å². The Balaban J connectivity index is 2.85. The Labute approximate surface area is 83.2 Å². The molecule has 1 aromatic heterocycles. The Morgan fingerprint density at radius 1 is 1.75 bits per heavy atom. The summed E-state index contributed by atoms with van der Waals surface area (Å²) in [6, 6.07) is 3.44. The van der Waals surface area contributed by atoms with Gasteiger partial charge in [-0.3, -0.25) is 0 Å². The van der Waals surface area contributed by atoms with Crippen molar-refractivity contribution in [1.29, 1.82) is 0 Å². The van der Waals surface area contributed by atoms with E-state index in [9.17, 15) is 4.79 Å². The van der Waals surface area contributed by atoms with E-state index >= 15 is 0 Å². The second-order valence-corrected chi connectivity index (χ2v) is 2.89. The zero-order valence-corrected chi connectivity index (χ0v) is 8.32. The minimum atomic E-state index is -0.902. The van der Waals surface area contributed by atoms with Gasteiger partial charge in [0.25, 0.3) is 0 Å². The lowest BCUT2D eigenvalue weighted by Crippen LogP contribution is -2.00. The monoisotopic (exact) mass is 278 g/mol. The fourth-order valence-corrected chi connectivity index (χ4v) is 1.25. The van der Waals surface area contributed by atoms with Crippen LogP contribution >= 0.6 is 22.6 Å². The first-order chi connectivity index (χ1) is 5.74. The lowest BCUT2D eigenvalue weighted by atomic mass is 10.2. The molecule has 0 bridgehead atoms. The topological polar surface area (TPSA) is 50.4 Å². The van der Waals surface area contributed by atoms with Crippen molar-refractivity contribution in [2.75, 3.05) is 4.43 Å². The molecule has 0 aliphatic rings. The van der Waals surface area contributed by atoms with Crippen LogP contribution in [0, 0.1) is 0 Å². The molecular formula is C8H7IO3. The lowest BCUT2D eigenvalue weighted by molar-refractivity contribution is -0.132. The van der Waals surface area contributed by atoms with Gasteiger partial charge in [0.2, 0.25) is 0 Å². The van der Waals surface area contributed by atoms with E-state index in [1.807, 2.05) is 22.6 Å². The number of hydrogen-bond acceptors (Lipinski definition) is 2. The Bertz CT molecular complexity index is 287. The number of carboxylic acids is 1. The minimum absolute atomic E-state index is 0.338. The van der Waals surface area contributed by atoms with E-state index in [1.165, 1.54) is 12.3 Å². The summed E-state index contributed by atoms with van der Waals surface area (Å²) < 4.78 is 5.44. The molecule has 3 nitrogen and oxygen atoms in total. The van der Waals surface area contributed by atoms with Crippen molar-refractivity contribution in [3.05, 3.63) is 29.7 Å². The second kappa shape index (κ2) is 4.30. The van der Waals surface area contributed by atoms with Gasteiger partial charge in [-0.05, 0) is 18.2 Å². The number of halogens is 1. The smallest absolute Gasteiger partial charge is 0.332 e. The lowest BCUT2D eigenvalue weighted by Gasteiger charge is -1.93. The van der Waals surface area contributed by atoms with Crippen LogP contribution in [0.15, 0.2) is 28.4 Å². The van der Waals surface area contributed by atoms with Crippen LogP contribution in [0.25, 0.3) is 6.08 Å². The van der Waals surface area contributed by atoms with Crippen LogP contribution in [-0.2, 0) is 4.79 Å². The maximum absolute atomic E-state index is 10.5. The molecular weight excluding hydrogens is 271 g/mol. The number of carbonyl (C=O) groups is 1. The summed E-state index contributed by atoms with van der Waals surface area (Å²) in [7, 11) is 0. The predicted molar refractivity (Wildman–Crippen MR) is 53.2 cm³/mol. The van der Waals surface area contributed by atoms with Gasteiger partial charge < -0.3 is 9.52 Å². The molecule has 0 fully saturated rings. The molecule has 0 spiro atoms. The van der Waals surface area contributed by atoms with E-state index in [0.29, 0.717) is 15.8 Å². The predicted octanol–water partition coefficient (Wildman–Crippen LogP) is 2.18. The van der Waals surface area contributed by atoms with E-state index in [4.69, 9.17) is 9.52 Å². The number of rotatable bonds is 3. The number of alkyl halides is 1. The first-order valence-electron chi connectivity index (χ1n) is 3.27. The molecule has 0 aromatic carbocycles. The minimum Gasteiger partial charge on any atom is -0.478 e. The van der Waals surface area contributed by atoms with Crippen LogP contribution in [0.5, 0.6) is 0 Å². The molecule has 4 heteroatoms. The summed E-state index contributed by atoms with van der Waals surface area (Å²) in [5, 5.41) is 8.66. The maximum atomic E-state index is 10.5. The first kappa shape index (κ1) is 9.31. The van der Waals surface area contributed by atoms with Gasteiger partial charge in [-0.25, -0.2) is 4.79 Å². The number of aliphatic carboxylic acids is 1. The van der Waals surface area contributed by atoms with Crippen LogP contribution in [0.2, 0.25) is 0 Å². The van der Waals surface area contributed by atoms with E-state index in [0.717, 1.165) is 0 Å². The van der Waals surface area contributed by atoms with E-state index < -0.39 is 5.97 Å². The van der Waals surface area contributed by atoms with Gasteiger partial charge in [0.1, 0.15) is 5.76 Å². The number of furan rings is 1. The zero-order chi connectivity index (χ0) is 8.97. The van der Waals surface area contributed by atoms with Gasteiger partial charge in [0, 0.05) is 4.43 Å². The highest BCUT2D eigenvalue weighted by Crippen LogP contribution is 2.09. The summed E-state index contributed by atoms with van der Waals surface area (Å²) in [6.07, 6.45) is 3.03. The van der Waals surface area contributed by atoms with E-state index in [2.05, 4.69) is 0 Å². The SMILES string of the molecule is O=C(O)/C(=C/c1ccco1)CI.